The van der Waals surface area contributed by atoms with Crippen LogP contribution in [0.15, 0.2) is 36.4 Å². The van der Waals surface area contributed by atoms with Crippen molar-refractivity contribution in [2.45, 2.75) is 26.5 Å². The molecule has 0 bridgehead atoms. The van der Waals surface area contributed by atoms with Gasteiger partial charge in [-0.05, 0) is 43.3 Å². The van der Waals surface area contributed by atoms with E-state index < -0.39 is 0 Å². The number of hydrogen-bond acceptors (Lipinski definition) is 4. The Hall–Kier alpha value is -2.07. The van der Waals surface area contributed by atoms with Gasteiger partial charge >= 0.3 is 0 Å². The van der Waals surface area contributed by atoms with Gasteiger partial charge in [0.05, 0.1) is 18.5 Å². The van der Waals surface area contributed by atoms with Crippen molar-refractivity contribution in [2.75, 3.05) is 14.2 Å². The van der Waals surface area contributed by atoms with Crippen LogP contribution in [0, 0.1) is 0 Å². The van der Waals surface area contributed by atoms with Crippen molar-refractivity contribution in [3.05, 3.63) is 53.3 Å². The van der Waals surface area contributed by atoms with Gasteiger partial charge in [-0.3, -0.25) is 4.98 Å². The van der Waals surface area contributed by atoms with Gasteiger partial charge in [0.1, 0.15) is 6.61 Å². The van der Waals surface area contributed by atoms with E-state index in [0.29, 0.717) is 6.61 Å². The number of benzene rings is 1. The molecular formula is C17H22N2O2. The number of ether oxygens (including phenoxy) is 2. The normalized spacial score (nSPS) is 10.4. The summed E-state index contributed by atoms with van der Waals surface area (Å²) in [6.07, 6.45) is 0.976. The molecule has 0 saturated heterocycles. The van der Waals surface area contributed by atoms with Gasteiger partial charge in [0.15, 0.2) is 11.5 Å². The van der Waals surface area contributed by atoms with Gasteiger partial charge in [0.25, 0.3) is 0 Å². The summed E-state index contributed by atoms with van der Waals surface area (Å²) in [6.45, 7) is 3.30. The maximum atomic E-state index is 5.84. The average Bonchev–Trinajstić information content (AvgIpc) is 2.53. The monoisotopic (exact) mass is 286 g/mol. The van der Waals surface area contributed by atoms with Gasteiger partial charge in [-0.15, -0.1) is 0 Å². The zero-order valence-electron chi connectivity index (χ0n) is 12.8. The van der Waals surface area contributed by atoms with Crippen molar-refractivity contribution >= 4 is 0 Å². The first-order valence-electron chi connectivity index (χ1n) is 7.16. The van der Waals surface area contributed by atoms with Gasteiger partial charge in [-0.2, -0.15) is 0 Å². The van der Waals surface area contributed by atoms with Crippen LogP contribution in [0.3, 0.4) is 0 Å². The summed E-state index contributed by atoms with van der Waals surface area (Å²) in [7, 11) is 3.57. The molecule has 0 aliphatic heterocycles. The summed E-state index contributed by atoms with van der Waals surface area (Å²) >= 11 is 0. The van der Waals surface area contributed by atoms with Crippen molar-refractivity contribution in [1.82, 2.24) is 10.3 Å². The van der Waals surface area contributed by atoms with E-state index in [0.717, 1.165) is 35.9 Å². The van der Waals surface area contributed by atoms with E-state index in [4.69, 9.17) is 9.47 Å². The molecule has 0 aliphatic rings. The first kappa shape index (κ1) is 15.3. The Labute approximate surface area is 126 Å². The van der Waals surface area contributed by atoms with Crippen LogP contribution in [0.2, 0.25) is 0 Å². The molecule has 0 fully saturated rings. The third-order valence-corrected chi connectivity index (χ3v) is 3.23. The zero-order chi connectivity index (χ0) is 15.1. The second-order valence-electron chi connectivity index (χ2n) is 4.78. The number of methoxy groups -OCH3 is 1. The maximum absolute atomic E-state index is 5.84. The highest BCUT2D eigenvalue weighted by Crippen LogP contribution is 2.28. The predicted molar refractivity (Wildman–Crippen MR) is 83.7 cm³/mol. The Kier molecular flexibility index (Phi) is 5.58. The molecular weight excluding hydrogens is 264 g/mol. The molecule has 1 aromatic heterocycles. The Balaban J connectivity index is 2.07. The molecule has 0 unspecified atom stereocenters. The summed E-state index contributed by atoms with van der Waals surface area (Å²) in [5, 5.41) is 3.09. The van der Waals surface area contributed by atoms with E-state index in [2.05, 4.69) is 23.3 Å². The fourth-order valence-corrected chi connectivity index (χ4v) is 2.09. The van der Waals surface area contributed by atoms with Crippen LogP contribution in [0.1, 0.15) is 23.9 Å². The molecule has 0 radical (unpaired) electrons. The van der Waals surface area contributed by atoms with Gasteiger partial charge in [-0.1, -0.05) is 19.1 Å². The largest absolute Gasteiger partial charge is 0.493 e. The lowest BCUT2D eigenvalue weighted by molar-refractivity contribution is 0.280. The molecule has 1 aromatic carbocycles. The molecule has 1 N–H and O–H groups in total. The molecule has 2 aromatic rings. The molecule has 2 rings (SSSR count). The standard InChI is InChI=1S/C17H22N2O2/c1-4-13-8-9-16(17(10-13)20-3)21-12-15-7-5-6-14(19-15)11-18-2/h5-10,18H,4,11-12H2,1-3H3. The highest BCUT2D eigenvalue weighted by molar-refractivity contribution is 5.43. The van der Waals surface area contributed by atoms with Crippen LogP contribution in [0.25, 0.3) is 0 Å². The molecule has 0 aliphatic carbocycles. The maximum Gasteiger partial charge on any atom is 0.161 e. The van der Waals surface area contributed by atoms with Gasteiger partial charge in [0.2, 0.25) is 0 Å². The van der Waals surface area contributed by atoms with Crippen LogP contribution in [-0.2, 0) is 19.6 Å². The minimum atomic E-state index is 0.430. The lowest BCUT2D eigenvalue weighted by atomic mass is 10.1. The summed E-state index contributed by atoms with van der Waals surface area (Å²) in [5.74, 6) is 1.51. The Bertz CT molecular complexity index is 585. The molecule has 21 heavy (non-hydrogen) atoms. The quantitative estimate of drug-likeness (QED) is 0.850. The lowest BCUT2D eigenvalue weighted by Gasteiger charge is -2.12. The van der Waals surface area contributed by atoms with E-state index in [1.54, 1.807) is 7.11 Å². The second-order valence-corrected chi connectivity index (χ2v) is 4.78. The van der Waals surface area contributed by atoms with Crippen molar-refractivity contribution < 1.29 is 9.47 Å². The smallest absolute Gasteiger partial charge is 0.161 e. The summed E-state index contributed by atoms with van der Waals surface area (Å²) in [5.41, 5.74) is 3.14. The van der Waals surface area contributed by atoms with Gasteiger partial charge < -0.3 is 14.8 Å². The summed E-state index contributed by atoms with van der Waals surface area (Å²) in [6, 6.07) is 12.0. The van der Waals surface area contributed by atoms with Crippen molar-refractivity contribution in [2.24, 2.45) is 0 Å². The average molecular weight is 286 g/mol. The van der Waals surface area contributed by atoms with Crippen molar-refractivity contribution in [1.29, 1.82) is 0 Å². The number of rotatable bonds is 7. The van der Waals surface area contributed by atoms with Crippen LogP contribution in [0.4, 0.5) is 0 Å². The van der Waals surface area contributed by atoms with E-state index in [1.165, 1.54) is 5.56 Å². The van der Waals surface area contributed by atoms with Gasteiger partial charge in [-0.25, -0.2) is 0 Å². The SMILES string of the molecule is CCc1ccc(OCc2cccc(CNC)n2)c(OC)c1. The molecule has 0 amide bonds. The number of nitrogens with one attached hydrogen (secondary N) is 1. The van der Waals surface area contributed by atoms with Crippen molar-refractivity contribution in [3.63, 3.8) is 0 Å². The molecule has 0 atom stereocenters. The number of aryl methyl sites for hydroxylation is 1. The first-order chi connectivity index (χ1) is 10.3. The van der Waals surface area contributed by atoms with E-state index in [1.807, 2.05) is 37.4 Å². The van der Waals surface area contributed by atoms with Crippen LogP contribution in [0.5, 0.6) is 11.5 Å². The van der Waals surface area contributed by atoms with E-state index in [-0.39, 0.29) is 0 Å². The molecule has 1 heterocycles. The lowest BCUT2D eigenvalue weighted by Crippen LogP contribution is -2.08. The van der Waals surface area contributed by atoms with Crippen LogP contribution >= 0.6 is 0 Å². The highest BCUT2D eigenvalue weighted by Gasteiger charge is 2.06. The fourth-order valence-electron chi connectivity index (χ4n) is 2.09. The Morgan fingerprint density at radius 3 is 2.62 bits per heavy atom. The fraction of sp³-hybridized carbons (Fsp3) is 0.353. The third-order valence-electron chi connectivity index (χ3n) is 3.23. The number of pyridine rings is 1. The summed E-state index contributed by atoms with van der Waals surface area (Å²) in [4.78, 5) is 4.54. The summed E-state index contributed by atoms with van der Waals surface area (Å²) < 4.78 is 11.2. The number of aromatic nitrogens is 1. The van der Waals surface area contributed by atoms with Crippen LogP contribution in [-0.4, -0.2) is 19.1 Å². The Morgan fingerprint density at radius 2 is 1.90 bits per heavy atom. The van der Waals surface area contributed by atoms with Crippen molar-refractivity contribution in [3.8, 4) is 11.5 Å². The van der Waals surface area contributed by atoms with E-state index in [9.17, 15) is 0 Å². The van der Waals surface area contributed by atoms with Crippen LogP contribution < -0.4 is 14.8 Å². The first-order valence-corrected chi connectivity index (χ1v) is 7.16. The highest BCUT2D eigenvalue weighted by atomic mass is 16.5. The second kappa shape index (κ2) is 7.64. The third kappa shape index (κ3) is 4.20. The zero-order valence-corrected chi connectivity index (χ0v) is 12.8. The number of nitrogens with zero attached hydrogens (tertiary/aromatic N) is 1. The van der Waals surface area contributed by atoms with Gasteiger partial charge in [0, 0.05) is 6.54 Å². The number of hydrogen-bond donors (Lipinski definition) is 1. The minimum Gasteiger partial charge on any atom is -0.493 e. The topological polar surface area (TPSA) is 43.4 Å². The minimum absolute atomic E-state index is 0.430. The Morgan fingerprint density at radius 1 is 1.10 bits per heavy atom. The molecule has 0 spiro atoms. The molecule has 112 valence electrons. The molecule has 0 saturated carbocycles. The molecule has 4 nitrogen and oxygen atoms in total. The van der Waals surface area contributed by atoms with E-state index >= 15 is 0 Å². The molecule has 4 heteroatoms. The predicted octanol–water partition coefficient (Wildman–Crippen LogP) is 2.95.